The van der Waals surface area contributed by atoms with E-state index in [1.165, 1.54) is 46.3 Å². The predicted octanol–water partition coefficient (Wildman–Crippen LogP) is 7.96. The molecule has 2 unspecified atom stereocenters. The third kappa shape index (κ3) is 11.5. The molecule has 324 valence electrons. The molecule has 9 rings (SSSR count). The van der Waals surface area contributed by atoms with E-state index in [2.05, 4.69) is 71.7 Å². The Bertz CT molecular complexity index is 2620. The van der Waals surface area contributed by atoms with Crippen molar-refractivity contribution in [2.24, 2.45) is 0 Å². The van der Waals surface area contributed by atoms with Crippen LogP contribution in [0.15, 0.2) is 127 Å². The molecule has 16 heteroatoms. The first-order valence-electron chi connectivity index (χ1n) is 20.6. The number of aromatic amines is 2. The number of aromatic nitrogens is 4. The van der Waals surface area contributed by atoms with Gasteiger partial charge in [-0.3, -0.25) is 19.2 Å². The second-order valence-corrected chi connectivity index (χ2v) is 17.0. The molecule has 14 nitrogen and oxygen atoms in total. The normalized spacial score (nSPS) is 14.1. The monoisotopic (exact) mass is 884 g/mol. The van der Waals surface area contributed by atoms with Crippen LogP contribution in [0.25, 0.3) is 41.7 Å². The molecular weight excluding hydrogens is 837 g/mol. The van der Waals surface area contributed by atoms with Gasteiger partial charge in [-0.25, -0.2) is 14.8 Å². The molecular formula is C47H48N8O6S2. The summed E-state index contributed by atoms with van der Waals surface area (Å²) in [5.41, 5.74) is 5.51. The molecule has 2 aliphatic rings. The van der Waals surface area contributed by atoms with E-state index in [0.717, 1.165) is 79.1 Å². The average Bonchev–Trinajstić information content (AvgIpc) is 4.17. The van der Waals surface area contributed by atoms with E-state index < -0.39 is 18.2 Å². The molecule has 2 saturated heterocycles. The fourth-order valence-electron chi connectivity index (χ4n) is 7.32. The largest absolute Gasteiger partial charge is 0.453 e. The summed E-state index contributed by atoms with van der Waals surface area (Å²) < 4.78 is 7.01. The molecule has 4 aromatic heterocycles. The van der Waals surface area contributed by atoms with E-state index in [9.17, 15) is 24.0 Å². The zero-order chi connectivity index (χ0) is 44.1. The lowest BCUT2D eigenvalue weighted by Gasteiger charge is -2.23. The molecule has 0 spiro atoms. The van der Waals surface area contributed by atoms with Crippen LogP contribution in [0.2, 0.25) is 0 Å². The van der Waals surface area contributed by atoms with Gasteiger partial charge in [0.15, 0.2) is 0 Å². The van der Waals surface area contributed by atoms with Gasteiger partial charge >= 0.3 is 6.09 Å². The number of thiophene rings is 2. The van der Waals surface area contributed by atoms with Gasteiger partial charge in [0.2, 0.25) is 17.7 Å². The molecule has 2 aliphatic heterocycles. The quantitative estimate of drug-likeness (QED) is 0.113. The molecule has 3 aromatic carbocycles. The number of methoxy groups -OCH3 is 1. The van der Waals surface area contributed by atoms with Crippen LogP contribution in [0, 0.1) is 0 Å². The topological polar surface area (TPSA) is 182 Å². The number of fused-ring (bicyclic) bond motifs is 1. The van der Waals surface area contributed by atoms with Gasteiger partial charge in [0.25, 0.3) is 5.56 Å². The summed E-state index contributed by atoms with van der Waals surface area (Å²) >= 11 is 3.41. The third-order valence-corrected chi connectivity index (χ3v) is 12.9. The van der Waals surface area contributed by atoms with E-state index in [0.29, 0.717) is 5.69 Å². The van der Waals surface area contributed by atoms with Crippen LogP contribution in [-0.2, 0) is 19.1 Å². The molecule has 63 heavy (non-hydrogen) atoms. The van der Waals surface area contributed by atoms with Crippen molar-refractivity contribution >= 4 is 55.9 Å². The number of carbonyl (C=O) groups is 4. The Morgan fingerprint density at radius 3 is 1.70 bits per heavy atom. The van der Waals surface area contributed by atoms with Crippen LogP contribution in [0.5, 0.6) is 0 Å². The number of amides is 4. The lowest BCUT2D eigenvalue weighted by Crippen LogP contribution is -2.41. The highest BCUT2D eigenvalue weighted by molar-refractivity contribution is 7.31. The summed E-state index contributed by atoms with van der Waals surface area (Å²) in [5.74, 6) is -0.264. The maximum absolute atomic E-state index is 12.5. The van der Waals surface area contributed by atoms with Crippen LogP contribution in [0.4, 0.5) is 4.79 Å². The number of ether oxygens (including phenoxy) is 1. The van der Waals surface area contributed by atoms with Crippen molar-refractivity contribution in [1.29, 1.82) is 0 Å². The number of benzene rings is 3. The standard InChI is InChI=1S/C19H12N4OS2.C14H18N2O3.C14H18N2O2/c24-19-5-13(22-10-23-19)16-7-18-17(26-16)6-15(25-18)12-3-1-11(2-4-12)14-8-20-9-21-14;1-19-14(18)15-12(11-7-3-2-4-8-11)13(17)16-9-5-6-10-16;1-11(17)15-13(12-7-3-2-4-8-12)14(18)16-9-5-6-10-16/h1-10H,(H,20,21)(H,22,23,24);2-4,7-8,12H,5-6,9-10H2,1H3,(H,15,18);2-4,7-8,13H,5-6,9-10H2,1H3,(H,15,17). The van der Waals surface area contributed by atoms with Crippen molar-refractivity contribution in [3.05, 3.63) is 143 Å². The molecule has 0 saturated carbocycles. The van der Waals surface area contributed by atoms with Gasteiger partial charge in [0.1, 0.15) is 12.1 Å². The first-order valence-corrected chi connectivity index (χ1v) is 22.3. The van der Waals surface area contributed by atoms with Crippen molar-refractivity contribution < 1.29 is 23.9 Å². The zero-order valence-corrected chi connectivity index (χ0v) is 36.5. The number of nitrogens with one attached hydrogen (secondary N) is 4. The minimum Gasteiger partial charge on any atom is -0.453 e. The Morgan fingerprint density at radius 1 is 0.667 bits per heavy atom. The number of H-pyrrole nitrogens is 2. The summed E-state index contributed by atoms with van der Waals surface area (Å²) in [4.78, 5) is 78.8. The highest BCUT2D eigenvalue weighted by Gasteiger charge is 2.30. The number of nitrogens with zero attached hydrogens (tertiary/aromatic N) is 4. The smallest absolute Gasteiger partial charge is 0.407 e. The maximum Gasteiger partial charge on any atom is 0.407 e. The van der Waals surface area contributed by atoms with Crippen LogP contribution < -0.4 is 16.2 Å². The van der Waals surface area contributed by atoms with Gasteiger partial charge in [0.05, 0.1) is 42.2 Å². The Kier molecular flexibility index (Phi) is 14.9. The number of likely N-dealkylation sites (tertiary alicyclic amines) is 2. The summed E-state index contributed by atoms with van der Waals surface area (Å²) in [6.45, 7) is 4.53. The molecule has 0 bridgehead atoms. The number of hydrogen-bond acceptors (Lipinski definition) is 10. The average molecular weight is 885 g/mol. The van der Waals surface area contributed by atoms with Crippen molar-refractivity contribution in [3.63, 3.8) is 0 Å². The van der Waals surface area contributed by atoms with Gasteiger partial charge in [-0.2, -0.15) is 0 Å². The van der Waals surface area contributed by atoms with E-state index in [1.54, 1.807) is 33.9 Å². The van der Waals surface area contributed by atoms with E-state index in [4.69, 9.17) is 0 Å². The number of alkyl carbamates (subject to hydrolysis) is 1. The first kappa shape index (κ1) is 44.2. The van der Waals surface area contributed by atoms with E-state index in [1.807, 2.05) is 71.8 Å². The fourth-order valence-corrected chi connectivity index (χ4v) is 9.69. The summed E-state index contributed by atoms with van der Waals surface area (Å²) in [6, 6.07) is 31.7. The Balaban J connectivity index is 0.000000146. The van der Waals surface area contributed by atoms with Crippen molar-refractivity contribution in [1.82, 2.24) is 40.4 Å². The van der Waals surface area contributed by atoms with Crippen LogP contribution in [-0.4, -0.2) is 86.8 Å². The number of hydrogen-bond donors (Lipinski definition) is 4. The van der Waals surface area contributed by atoms with Gasteiger partial charge in [-0.15, -0.1) is 22.7 Å². The number of rotatable bonds is 9. The summed E-state index contributed by atoms with van der Waals surface area (Å²) in [5, 5.41) is 5.35. The number of carbonyl (C=O) groups excluding carboxylic acids is 4. The van der Waals surface area contributed by atoms with Gasteiger partial charge in [-0.1, -0.05) is 84.9 Å². The Hall–Kier alpha value is -6.91. The highest BCUT2D eigenvalue weighted by Crippen LogP contribution is 2.41. The molecule has 2 fully saturated rings. The van der Waals surface area contributed by atoms with E-state index >= 15 is 0 Å². The SMILES string of the molecule is CC(=O)NC(C(=O)N1CCCC1)c1ccccc1.COC(=O)NC(C(=O)N1CCCC1)c1ccccc1.O=c1cc(-c2cc3sc(-c4ccc(-c5cnc[nH]5)cc4)cc3s2)nc[nH]1. The molecule has 0 aliphatic carbocycles. The van der Waals surface area contributed by atoms with Crippen molar-refractivity contribution in [2.75, 3.05) is 33.3 Å². The molecule has 4 N–H and O–H groups in total. The lowest BCUT2D eigenvalue weighted by molar-refractivity contribution is -0.135. The fraction of sp³-hybridized carbons (Fsp3) is 0.255. The minimum atomic E-state index is -0.674. The molecule has 6 heterocycles. The Labute approximate surface area is 372 Å². The van der Waals surface area contributed by atoms with Gasteiger partial charge in [0, 0.05) is 53.4 Å². The van der Waals surface area contributed by atoms with Crippen LogP contribution in [0.3, 0.4) is 0 Å². The lowest BCUT2D eigenvalue weighted by atomic mass is 10.1. The predicted molar refractivity (Wildman–Crippen MR) is 246 cm³/mol. The molecule has 2 atom stereocenters. The van der Waals surface area contributed by atoms with Crippen molar-refractivity contribution in [2.45, 2.75) is 44.7 Å². The van der Waals surface area contributed by atoms with Gasteiger partial charge < -0.3 is 35.1 Å². The van der Waals surface area contributed by atoms with Crippen LogP contribution >= 0.6 is 22.7 Å². The van der Waals surface area contributed by atoms with Crippen molar-refractivity contribution in [3.8, 4) is 32.3 Å². The minimum absolute atomic E-state index is 0.00565. The number of imidazole rings is 1. The third-order valence-electron chi connectivity index (χ3n) is 10.5. The van der Waals surface area contributed by atoms with Crippen LogP contribution in [0.1, 0.15) is 55.8 Å². The second-order valence-electron chi connectivity index (χ2n) is 14.9. The second kappa shape index (κ2) is 21.3. The Morgan fingerprint density at radius 2 is 1.19 bits per heavy atom. The zero-order valence-electron chi connectivity index (χ0n) is 34.9. The summed E-state index contributed by atoms with van der Waals surface area (Å²) in [6.07, 6.45) is 8.49. The molecule has 4 amide bonds. The maximum atomic E-state index is 12.5. The first-order chi connectivity index (χ1) is 30.7. The van der Waals surface area contributed by atoms with E-state index in [-0.39, 0.29) is 23.3 Å². The molecule has 7 aromatic rings. The highest BCUT2D eigenvalue weighted by atomic mass is 32.1. The summed E-state index contributed by atoms with van der Waals surface area (Å²) in [7, 11) is 1.29. The molecule has 0 radical (unpaired) electrons. The van der Waals surface area contributed by atoms with Gasteiger partial charge in [-0.05, 0) is 60.1 Å².